The number of halogens is 2. The maximum absolute atomic E-state index is 13.3. The minimum atomic E-state index is 0. The van der Waals surface area contributed by atoms with Crippen LogP contribution in [0.3, 0.4) is 0 Å². The number of carbonyl (C=O) groups is 2. The van der Waals surface area contributed by atoms with Crippen LogP contribution >= 0.6 is 24.0 Å². The lowest BCUT2D eigenvalue weighted by atomic mass is 9.78. The molecule has 0 saturated heterocycles. The van der Waals surface area contributed by atoms with Gasteiger partial charge >= 0.3 is 0 Å². The van der Waals surface area contributed by atoms with Crippen LogP contribution in [0.4, 0.5) is 5.69 Å². The van der Waals surface area contributed by atoms with Crippen molar-refractivity contribution in [1.29, 1.82) is 0 Å². The lowest BCUT2D eigenvalue weighted by molar-refractivity contribution is -0.118. The number of carbonyl (C=O) groups excluding carboxylic acids is 2. The molecule has 2 aromatic carbocycles. The summed E-state index contributed by atoms with van der Waals surface area (Å²) < 4.78 is 0. The van der Waals surface area contributed by atoms with Crippen molar-refractivity contribution in [2.75, 3.05) is 24.5 Å². The van der Waals surface area contributed by atoms with E-state index in [0.29, 0.717) is 18.1 Å². The summed E-state index contributed by atoms with van der Waals surface area (Å²) in [6, 6.07) is 12.2. The van der Waals surface area contributed by atoms with Gasteiger partial charge in [0.1, 0.15) is 0 Å². The van der Waals surface area contributed by atoms with Gasteiger partial charge in [-0.15, -0.1) is 12.4 Å². The molecule has 1 saturated carbocycles. The Morgan fingerprint density at radius 3 is 2.52 bits per heavy atom. The van der Waals surface area contributed by atoms with Crippen LogP contribution in [0.5, 0.6) is 0 Å². The highest BCUT2D eigenvalue weighted by Crippen LogP contribution is 2.39. The minimum absolute atomic E-state index is 0. The summed E-state index contributed by atoms with van der Waals surface area (Å²) in [5.74, 6) is 1.33. The van der Waals surface area contributed by atoms with Gasteiger partial charge in [0.25, 0.3) is 0 Å². The number of rotatable bonds is 7. The first-order valence-electron chi connectivity index (χ1n) is 12.0. The summed E-state index contributed by atoms with van der Waals surface area (Å²) >= 11 is 6.24. The molecule has 0 radical (unpaired) electrons. The summed E-state index contributed by atoms with van der Waals surface area (Å²) in [5, 5.41) is 4.43. The fourth-order valence-corrected chi connectivity index (χ4v) is 5.93. The third kappa shape index (κ3) is 5.13. The van der Waals surface area contributed by atoms with E-state index in [1.165, 1.54) is 16.7 Å². The van der Waals surface area contributed by atoms with Crippen molar-refractivity contribution < 1.29 is 9.59 Å². The quantitative estimate of drug-likeness (QED) is 0.419. The van der Waals surface area contributed by atoms with Crippen LogP contribution in [0, 0.1) is 11.8 Å². The maximum Gasteiger partial charge on any atom is 0.227 e. The summed E-state index contributed by atoms with van der Waals surface area (Å²) in [7, 11) is 0. The highest BCUT2D eigenvalue weighted by Gasteiger charge is 2.33. The predicted octanol–water partition coefficient (Wildman–Crippen LogP) is 5.42. The fraction of sp³-hybridized carbons (Fsp3) is 0.481. The molecule has 1 fully saturated rings. The third-order valence-electron chi connectivity index (χ3n) is 7.52. The van der Waals surface area contributed by atoms with Gasteiger partial charge in [-0.2, -0.15) is 0 Å². The summed E-state index contributed by atoms with van der Waals surface area (Å²) in [6.45, 7) is 2.71. The van der Waals surface area contributed by atoms with E-state index < -0.39 is 0 Å². The Morgan fingerprint density at radius 1 is 1.03 bits per heavy atom. The minimum Gasteiger partial charge on any atom is -0.316 e. The van der Waals surface area contributed by atoms with Crippen LogP contribution in [0.25, 0.3) is 0 Å². The number of aryl methyl sites for hydroxylation is 1. The molecule has 176 valence electrons. The molecule has 0 unspecified atom stereocenters. The maximum atomic E-state index is 13.3. The molecular formula is C27H32Cl2N2O2. The van der Waals surface area contributed by atoms with Crippen molar-refractivity contribution in [2.24, 2.45) is 11.8 Å². The van der Waals surface area contributed by atoms with Crippen LogP contribution in [-0.4, -0.2) is 31.3 Å². The first-order valence-corrected chi connectivity index (χ1v) is 12.4. The van der Waals surface area contributed by atoms with E-state index in [1.807, 2.05) is 23.1 Å². The van der Waals surface area contributed by atoms with E-state index in [0.717, 1.165) is 80.9 Å². The number of ketones is 1. The lowest BCUT2D eigenvalue weighted by Gasteiger charge is -2.29. The molecule has 2 heterocycles. The van der Waals surface area contributed by atoms with Crippen LogP contribution in [0.1, 0.15) is 59.2 Å². The Balaban J connectivity index is 0.00000259. The number of hydrogen-bond acceptors (Lipinski definition) is 3. The number of nitrogens with one attached hydrogen (secondary N) is 1. The summed E-state index contributed by atoms with van der Waals surface area (Å²) in [6.07, 6.45) is 7.33. The lowest BCUT2D eigenvalue weighted by Crippen LogP contribution is -2.33. The van der Waals surface area contributed by atoms with Gasteiger partial charge in [0, 0.05) is 29.5 Å². The SMILES string of the molecule is Cl.O=C(c1cc2c3c(c1)CCN3C(=O)CC2)C1CCC(CNCCc2ccccc2Cl)CC1. The van der Waals surface area contributed by atoms with Gasteiger partial charge in [0.15, 0.2) is 5.78 Å². The number of amides is 1. The largest absolute Gasteiger partial charge is 0.316 e. The zero-order valence-corrected chi connectivity index (χ0v) is 20.5. The molecule has 3 aliphatic rings. The van der Waals surface area contributed by atoms with E-state index in [9.17, 15) is 9.59 Å². The van der Waals surface area contributed by atoms with E-state index in [1.54, 1.807) is 0 Å². The molecule has 0 atom stereocenters. The molecule has 0 aromatic heterocycles. The Morgan fingerprint density at radius 2 is 1.76 bits per heavy atom. The second-order valence-corrected chi connectivity index (χ2v) is 9.97. The number of Topliss-reactive ketones (excluding diaryl/α,β-unsaturated/α-hetero) is 1. The van der Waals surface area contributed by atoms with E-state index in [2.05, 4.69) is 23.5 Å². The average Bonchev–Trinajstić information content (AvgIpc) is 3.25. The molecule has 4 nitrogen and oxygen atoms in total. The molecule has 1 N–H and O–H groups in total. The normalized spacial score (nSPS) is 21.5. The van der Waals surface area contributed by atoms with Crippen molar-refractivity contribution >= 4 is 41.4 Å². The molecule has 6 heteroatoms. The zero-order chi connectivity index (χ0) is 22.1. The van der Waals surface area contributed by atoms with Crippen LogP contribution < -0.4 is 10.2 Å². The number of benzene rings is 2. The zero-order valence-electron chi connectivity index (χ0n) is 18.9. The van der Waals surface area contributed by atoms with Crippen molar-refractivity contribution in [3.8, 4) is 0 Å². The van der Waals surface area contributed by atoms with Crippen LogP contribution in [-0.2, 0) is 24.1 Å². The highest BCUT2D eigenvalue weighted by atomic mass is 35.5. The van der Waals surface area contributed by atoms with Gasteiger partial charge in [0.2, 0.25) is 5.91 Å². The number of nitrogens with zero attached hydrogens (tertiary/aromatic N) is 1. The number of hydrogen-bond donors (Lipinski definition) is 1. The average molecular weight is 487 g/mol. The Bertz CT molecular complexity index is 1030. The standard InChI is InChI=1S/C27H31ClN2O2.ClH/c28-24-4-2-1-3-19(24)11-13-29-17-18-5-7-20(8-6-18)27(32)23-15-21-9-10-25(31)30-14-12-22(16-23)26(21)30;/h1-4,15-16,18,20,29H,5-14,17H2;1H. The Labute approximate surface area is 207 Å². The van der Waals surface area contributed by atoms with Crippen LogP contribution in [0.2, 0.25) is 5.02 Å². The van der Waals surface area contributed by atoms with Gasteiger partial charge in [-0.05, 0) is 98.8 Å². The fourth-order valence-electron chi connectivity index (χ4n) is 5.69. The van der Waals surface area contributed by atoms with Gasteiger partial charge in [-0.3, -0.25) is 9.59 Å². The molecule has 2 aliphatic heterocycles. The number of anilines is 1. The van der Waals surface area contributed by atoms with E-state index >= 15 is 0 Å². The topological polar surface area (TPSA) is 49.4 Å². The molecule has 1 aliphatic carbocycles. The highest BCUT2D eigenvalue weighted by molar-refractivity contribution is 6.31. The Hall–Kier alpha value is -1.88. The molecule has 5 rings (SSSR count). The first kappa shape index (κ1) is 24.3. The van der Waals surface area contributed by atoms with Crippen molar-refractivity contribution in [2.45, 2.75) is 51.4 Å². The van der Waals surface area contributed by atoms with Crippen molar-refractivity contribution in [1.82, 2.24) is 5.32 Å². The van der Waals surface area contributed by atoms with Crippen molar-refractivity contribution in [3.63, 3.8) is 0 Å². The Kier molecular flexibility index (Phi) is 7.78. The molecule has 0 bridgehead atoms. The molecular weight excluding hydrogens is 455 g/mol. The monoisotopic (exact) mass is 486 g/mol. The predicted molar refractivity (Wildman–Crippen MR) is 136 cm³/mol. The smallest absolute Gasteiger partial charge is 0.227 e. The molecule has 1 amide bonds. The van der Waals surface area contributed by atoms with Gasteiger partial charge in [0.05, 0.1) is 5.69 Å². The first-order chi connectivity index (χ1) is 15.6. The summed E-state index contributed by atoms with van der Waals surface area (Å²) in [5.41, 5.74) is 5.55. The summed E-state index contributed by atoms with van der Waals surface area (Å²) in [4.78, 5) is 27.3. The van der Waals surface area contributed by atoms with E-state index in [4.69, 9.17) is 11.6 Å². The second-order valence-electron chi connectivity index (χ2n) is 9.57. The molecule has 33 heavy (non-hydrogen) atoms. The van der Waals surface area contributed by atoms with Gasteiger partial charge in [-0.25, -0.2) is 0 Å². The molecule has 2 aromatic rings. The van der Waals surface area contributed by atoms with Crippen molar-refractivity contribution in [3.05, 3.63) is 63.7 Å². The van der Waals surface area contributed by atoms with Gasteiger partial charge in [-0.1, -0.05) is 29.8 Å². The third-order valence-corrected chi connectivity index (χ3v) is 7.88. The molecule has 0 spiro atoms. The van der Waals surface area contributed by atoms with E-state index in [-0.39, 0.29) is 24.2 Å². The second kappa shape index (κ2) is 10.6. The van der Waals surface area contributed by atoms with Crippen LogP contribution in [0.15, 0.2) is 36.4 Å². The van der Waals surface area contributed by atoms with Gasteiger partial charge < -0.3 is 10.2 Å².